The molecule has 0 radical (unpaired) electrons. The van der Waals surface area contributed by atoms with Gasteiger partial charge in [-0.2, -0.15) is 5.26 Å². The summed E-state index contributed by atoms with van der Waals surface area (Å²) in [6.07, 6.45) is 2.50. The SMILES string of the molecule is N#CCCC(=O)N1CCCCC1C(=O)O. The molecule has 1 N–H and O–H groups in total. The van der Waals surface area contributed by atoms with Gasteiger partial charge in [-0.1, -0.05) is 0 Å². The van der Waals surface area contributed by atoms with Crippen LogP contribution in [0.4, 0.5) is 0 Å². The van der Waals surface area contributed by atoms with Gasteiger partial charge < -0.3 is 10.0 Å². The Morgan fingerprint density at radius 3 is 2.80 bits per heavy atom. The quantitative estimate of drug-likeness (QED) is 0.745. The second kappa shape index (κ2) is 5.35. The van der Waals surface area contributed by atoms with Gasteiger partial charge in [0, 0.05) is 19.4 Å². The number of hydrogen-bond acceptors (Lipinski definition) is 3. The van der Waals surface area contributed by atoms with Crippen molar-refractivity contribution < 1.29 is 14.7 Å². The van der Waals surface area contributed by atoms with E-state index in [4.69, 9.17) is 10.4 Å². The van der Waals surface area contributed by atoms with E-state index >= 15 is 0 Å². The second-order valence-corrected chi connectivity index (χ2v) is 3.60. The summed E-state index contributed by atoms with van der Waals surface area (Å²) in [5, 5.41) is 17.3. The maximum Gasteiger partial charge on any atom is 0.326 e. The molecule has 1 saturated heterocycles. The highest BCUT2D eigenvalue weighted by molar-refractivity contribution is 5.83. The highest BCUT2D eigenvalue weighted by Crippen LogP contribution is 2.18. The largest absolute Gasteiger partial charge is 0.480 e. The highest BCUT2D eigenvalue weighted by atomic mass is 16.4. The first-order valence-corrected chi connectivity index (χ1v) is 5.06. The van der Waals surface area contributed by atoms with Crippen molar-refractivity contribution in [3.63, 3.8) is 0 Å². The van der Waals surface area contributed by atoms with Gasteiger partial charge in [-0.3, -0.25) is 4.79 Å². The first kappa shape index (κ1) is 11.5. The molecule has 1 heterocycles. The summed E-state index contributed by atoms with van der Waals surface area (Å²) in [6, 6.07) is 1.20. The van der Waals surface area contributed by atoms with Crippen LogP contribution in [0, 0.1) is 11.3 Å². The molecule has 1 rings (SSSR count). The van der Waals surface area contributed by atoms with E-state index in [0.29, 0.717) is 13.0 Å². The number of amides is 1. The van der Waals surface area contributed by atoms with Crippen molar-refractivity contribution >= 4 is 11.9 Å². The van der Waals surface area contributed by atoms with E-state index in [1.54, 1.807) is 0 Å². The number of carboxylic acids is 1. The van der Waals surface area contributed by atoms with E-state index in [9.17, 15) is 9.59 Å². The Kier molecular flexibility index (Phi) is 4.10. The molecule has 0 bridgehead atoms. The molecule has 1 aliphatic rings. The van der Waals surface area contributed by atoms with Crippen LogP contribution in [0.3, 0.4) is 0 Å². The van der Waals surface area contributed by atoms with Crippen molar-refractivity contribution in [3.8, 4) is 6.07 Å². The lowest BCUT2D eigenvalue weighted by Gasteiger charge is -2.32. The minimum atomic E-state index is -0.944. The number of likely N-dealkylation sites (tertiary alicyclic amines) is 1. The number of carboxylic acid groups (broad SMARTS) is 1. The van der Waals surface area contributed by atoms with E-state index in [0.717, 1.165) is 12.8 Å². The minimum absolute atomic E-state index is 0.125. The summed E-state index contributed by atoms with van der Waals surface area (Å²) in [5.74, 6) is -1.16. The predicted molar refractivity (Wildman–Crippen MR) is 51.8 cm³/mol. The highest BCUT2D eigenvalue weighted by Gasteiger charge is 2.31. The van der Waals surface area contributed by atoms with Crippen LogP contribution in [0.1, 0.15) is 32.1 Å². The molecule has 0 saturated carbocycles. The van der Waals surface area contributed by atoms with Crippen LogP contribution >= 0.6 is 0 Å². The predicted octanol–water partition coefficient (Wildman–Crippen LogP) is 0.756. The second-order valence-electron chi connectivity index (χ2n) is 3.60. The Morgan fingerprint density at radius 1 is 1.47 bits per heavy atom. The lowest BCUT2D eigenvalue weighted by atomic mass is 10.0. The summed E-state index contributed by atoms with van der Waals surface area (Å²) in [5.41, 5.74) is 0. The molecule has 1 aliphatic heterocycles. The van der Waals surface area contributed by atoms with Gasteiger partial charge in [-0.05, 0) is 19.3 Å². The molecule has 0 aliphatic carbocycles. The van der Waals surface area contributed by atoms with Crippen molar-refractivity contribution in [2.45, 2.75) is 38.1 Å². The minimum Gasteiger partial charge on any atom is -0.480 e. The zero-order chi connectivity index (χ0) is 11.3. The molecule has 5 nitrogen and oxygen atoms in total. The monoisotopic (exact) mass is 210 g/mol. The van der Waals surface area contributed by atoms with E-state index < -0.39 is 12.0 Å². The molecule has 0 aromatic carbocycles. The van der Waals surface area contributed by atoms with Gasteiger partial charge in [0.25, 0.3) is 0 Å². The number of rotatable bonds is 3. The number of carbonyl (C=O) groups excluding carboxylic acids is 1. The molecular formula is C10H14N2O3. The van der Waals surface area contributed by atoms with Crippen LogP contribution in [0.25, 0.3) is 0 Å². The molecule has 0 aromatic heterocycles. The van der Waals surface area contributed by atoms with Crippen LogP contribution < -0.4 is 0 Å². The number of nitriles is 1. The Labute approximate surface area is 88.3 Å². The topological polar surface area (TPSA) is 81.4 Å². The van der Waals surface area contributed by atoms with Gasteiger partial charge in [0.2, 0.25) is 5.91 Å². The van der Waals surface area contributed by atoms with Crippen LogP contribution in [0.15, 0.2) is 0 Å². The summed E-state index contributed by atoms with van der Waals surface area (Å²) >= 11 is 0. The van der Waals surface area contributed by atoms with Crippen molar-refractivity contribution in [3.05, 3.63) is 0 Å². The Balaban J connectivity index is 2.60. The Morgan fingerprint density at radius 2 is 2.20 bits per heavy atom. The first-order valence-electron chi connectivity index (χ1n) is 5.06. The van der Waals surface area contributed by atoms with Gasteiger partial charge in [-0.15, -0.1) is 0 Å². The van der Waals surface area contributed by atoms with Crippen LogP contribution in [0.2, 0.25) is 0 Å². The molecule has 1 atom stereocenters. The first-order chi connectivity index (χ1) is 7.16. The number of carbonyl (C=O) groups is 2. The van der Waals surface area contributed by atoms with Crippen molar-refractivity contribution in [2.24, 2.45) is 0 Å². The van der Waals surface area contributed by atoms with E-state index in [2.05, 4.69) is 0 Å². The number of piperidine rings is 1. The smallest absolute Gasteiger partial charge is 0.326 e. The third-order valence-electron chi connectivity index (χ3n) is 2.56. The molecule has 1 amide bonds. The van der Waals surface area contributed by atoms with Gasteiger partial charge in [0.15, 0.2) is 0 Å². The molecule has 0 aromatic rings. The molecule has 1 unspecified atom stereocenters. The zero-order valence-corrected chi connectivity index (χ0v) is 8.48. The molecule has 15 heavy (non-hydrogen) atoms. The number of nitrogens with zero attached hydrogens (tertiary/aromatic N) is 2. The molecule has 0 spiro atoms. The number of hydrogen-bond donors (Lipinski definition) is 1. The third kappa shape index (κ3) is 2.94. The standard InChI is InChI=1S/C10H14N2O3/c11-6-3-5-9(13)12-7-2-1-4-8(12)10(14)15/h8H,1-5,7H2,(H,14,15). The summed E-state index contributed by atoms with van der Waals surface area (Å²) in [7, 11) is 0. The average Bonchev–Trinajstić information content (AvgIpc) is 2.25. The van der Waals surface area contributed by atoms with Crippen LogP contribution in [-0.2, 0) is 9.59 Å². The molecule has 82 valence electrons. The van der Waals surface area contributed by atoms with Crippen LogP contribution in [-0.4, -0.2) is 34.5 Å². The maximum atomic E-state index is 11.6. The fourth-order valence-electron chi connectivity index (χ4n) is 1.79. The fraction of sp³-hybridized carbons (Fsp3) is 0.700. The van der Waals surface area contributed by atoms with Gasteiger partial charge in [0.1, 0.15) is 6.04 Å². The Hall–Kier alpha value is -1.57. The van der Waals surface area contributed by atoms with E-state index in [1.165, 1.54) is 4.90 Å². The third-order valence-corrected chi connectivity index (χ3v) is 2.56. The zero-order valence-electron chi connectivity index (χ0n) is 8.48. The van der Waals surface area contributed by atoms with Crippen molar-refractivity contribution in [2.75, 3.05) is 6.54 Å². The van der Waals surface area contributed by atoms with Gasteiger partial charge in [0.05, 0.1) is 6.07 Å². The lowest BCUT2D eigenvalue weighted by Crippen LogP contribution is -2.47. The molecule has 1 fully saturated rings. The van der Waals surface area contributed by atoms with E-state index in [1.807, 2.05) is 6.07 Å². The molecule has 5 heteroatoms. The van der Waals surface area contributed by atoms with Gasteiger partial charge in [-0.25, -0.2) is 4.79 Å². The summed E-state index contributed by atoms with van der Waals surface area (Å²) in [6.45, 7) is 0.501. The summed E-state index contributed by atoms with van der Waals surface area (Å²) < 4.78 is 0. The van der Waals surface area contributed by atoms with Crippen molar-refractivity contribution in [1.29, 1.82) is 5.26 Å². The summed E-state index contributed by atoms with van der Waals surface area (Å²) in [4.78, 5) is 23.9. The van der Waals surface area contributed by atoms with Crippen molar-refractivity contribution in [1.82, 2.24) is 4.90 Å². The number of aliphatic carboxylic acids is 1. The lowest BCUT2D eigenvalue weighted by molar-refractivity contribution is -0.152. The average molecular weight is 210 g/mol. The fourth-order valence-corrected chi connectivity index (χ4v) is 1.79. The van der Waals surface area contributed by atoms with Crippen LogP contribution in [0.5, 0.6) is 0 Å². The molecular weight excluding hydrogens is 196 g/mol. The normalized spacial score (nSPS) is 20.7. The Bertz CT molecular complexity index is 296. The maximum absolute atomic E-state index is 11.6. The van der Waals surface area contributed by atoms with E-state index in [-0.39, 0.29) is 18.7 Å². The van der Waals surface area contributed by atoms with Gasteiger partial charge >= 0.3 is 5.97 Å².